The topological polar surface area (TPSA) is 51.7 Å². The van der Waals surface area contributed by atoms with E-state index in [9.17, 15) is 4.79 Å². The third-order valence-electron chi connectivity index (χ3n) is 4.31. The fourth-order valence-electron chi connectivity index (χ4n) is 2.81. The molecule has 0 amide bonds. The molecular weight excluding hydrogens is 435 g/mol. The SMILES string of the molecule is CCOC(=O)C(C)Oc1ccc(N(C)c2nc(Cl)c3cc(Cl)ccc3c2Cl)cc1. The molecule has 3 aromatic rings. The fraction of sp³-hybridized carbons (Fsp3) is 0.238. The minimum Gasteiger partial charge on any atom is -0.479 e. The Morgan fingerprint density at radius 2 is 1.79 bits per heavy atom. The van der Waals surface area contributed by atoms with Crippen LogP contribution in [0.4, 0.5) is 11.5 Å². The van der Waals surface area contributed by atoms with Gasteiger partial charge in [-0.25, -0.2) is 9.78 Å². The van der Waals surface area contributed by atoms with Crippen molar-refractivity contribution < 1.29 is 14.3 Å². The summed E-state index contributed by atoms with van der Waals surface area (Å²) in [6.45, 7) is 3.71. The van der Waals surface area contributed by atoms with Crippen molar-refractivity contribution in [1.29, 1.82) is 0 Å². The lowest BCUT2D eigenvalue weighted by molar-refractivity contribution is -0.150. The summed E-state index contributed by atoms with van der Waals surface area (Å²) < 4.78 is 10.6. The van der Waals surface area contributed by atoms with Crippen molar-refractivity contribution in [2.24, 2.45) is 0 Å². The van der Waals surface area contributed by atoms with Crippen molar-refractivity contribution in [3.63, 3.8) is 0 Å². The van der Waals surface area contributed by atoms with Crippen molar-refractivity contribution in [3.8, 4) is 5.75 Å². The lowest BCUT2D eigenvalue weighted by Crippen LogP contribution is -2.26. The molecule has 0 fully saturated rings. The number of aromatic nitrogens is 1. The Hall–Kier alpha value is -2.21. The molecule has 0 aliphatic heterocycles. The van der Waals surface area contributed by atoms with Crippen molar-refractivity contribution in [3.05, 3.63) is 57.7 Å². The zero-order chi connectivity index (χ0) is 21.1. The molecule has 0 saturated heterocycles. The molecule has 1 aromatic heterocycles. The molecule has 0 bridgehead atoms. The Bertz CT molecular complexity index is 1040. The Morgan fingerprint density at radius 3 is 2.45 bits per heavy atom. The number of ether oxygens (including phenoxy) is 2. The first kappa shape index (κ1) is 21.5. The molecule has 2 aromatic carbocycles. The Kier molecular flexibility index (Phi) is 6.73. The summed E-state index contributed by atoms with van der Waals surface area (Å²) >= 11 is 19.0. The van der Waals surface area contributed by atoms with Crippen molar-refractivity contribution in [2.75, 3.05) is 18.6 Å². The summed E-state index contributed by atoms with van der Waals surface area (Å²) in [5.41, 5.74) is 0.819. The molecule has 0 saturated carbocycles. The molecule has 1 atom stereocenters. The summed E-state index contributed by atoms with van der Waals surface area (Å²) in [6, 6.07) is 12.5. The standard InChI is InChI=1S/C21H19Cl3N2O3/c1-4-28-21(27)12(2)29-15-8-6-14(7-9-15)26(3)20-18(23)16-10-5-13(22)11-17(16)19(24)25-20/h5-12H,4H2,1-3H3. The second-order valence-corrected chi connectivity index (χ2v) is 7.47. The molecule has 0 spiro atoms. The van der Waals surface area contributed by atoms with Crippen molar-refractivity contribution >= 4 is 63.0 Å². The summed E-state index contributed by atoms with van der Waals surface area (Å²) in [4.78, 5) is 18.0. The summed E-state index contributed by atoms with van der Waals surface area (Å²) in [5.74, 6) is 0.656. The lowest BCUT2D eigenvalue weighted by Gasteiger charge is -2.21. The molecule has 1 unspecified atom stereocenters. The average molecular weight is 454 g/mol. The molecule has 0 aliphatic carbocycles. The highest BCUT2D eigenvalue weighted by molar-refractivity contribution is 6.42. The van der Waals surface area contributed by atoms with Crippen LogP contribution in [-0.2, 0) is 9.53 Å². The van der Waals surface area contributed by atoms with Crippen LogP contribution in [0, 0.1) is 0 Å². The zero-order valence-corrected chi connectivity index (χ0v) is 18.3. The van der Waals surface area contributed by atoms with E-state index in [1.807, 2.05) is 30.1 Å². The van der Waals surface area contributed by atoms with E-state index in [1.165, 1.54) is 0 Å². The fourth-order valence-corrected chi connectivity index (χ4v) is 3.55. The molecule has 8 heteroatoms. The maximum absolute atomic E-state index is 11.7. The number of halogens is 3. The van der Waals surface area contributed by atoms with Crippen LogP contribution in [0.2, 0.25) is 15.2 Å². The molecule has 0 N–H and O–H groups in total. The number of hydrogen-bond acceptors (Lipinski definition) is 5. The van der Waals surface area contributed by atoms with Crippen LogP contribution in [0.3, 0.4) is 0 Å². The van der Waals surface area contributed by atoms with Gasteiger partial charge in [0, 0.05) is 28.5 Å². The van der Waals surface area contributed by atoms with Crippen molar-refractivity contribution in [1.82, 2.24) is 4.98 Å². The molecular formula is C21H19Cl3N2O3. The van der Waals surface area contributed by atoms with Crippen LogP contribution in [0.5, 0.6) is 5.75 Å². The van der Waals surface area contributed by atoms with Crippen LogP contribution in [0.25, 0.3) is 10.8 Å². The molecule has 5 nitrogen and oxygen atoms in total. The molecule has 152 valence electrons. The van der Waals surface area contributed by atoms with E-state index in [-0.39, 0.29) is 0 Å². The van der Waals surface area contributed by atoms with Crippen LogP contribution in [-0.4, -0.2) is 30.7 Å². The number of rotatable bonds is 6. The number of fused-ring (bicyclic) bond motifs is 1. The minimum atomic E-state index is -0.694. The highest BCUT2D eigenvalue weighted by atomic mass is 35.5. The minimum absolute atomic E-state index is 0.310. The van der Waals surface area contributed by atoms with E-state index < -0.39 is 12.1 Å². The number of carbonyl (C=O) groups is 1. The Balaban J connectivity index is 1.85. The highest BCUT2D eigenvalue weighted by Crippen LogP contribution is 2.38. The van der Waals surface area contributed by atoms with Gasteiger partial charge in [-0.2, -0.15) is 0 Å². The van der Waals surface area contributed by atoms with Gasteiger partial charge in [0.1, 0.15) is 10.9 Å². The van der Waals surface area contributed by atoms with Crippen LogP contribution < -0.4 is 9.64 Å². The van der Waals surface area contributed by atoms with Gasteiger partial charge in [-0.1, -0.05) is 40.9 Å². The van der Waals surface area contributed by atoms with Gasteiger partial charge in [0.05, 0.1) is 11.6 Å². The van der Waals surface area contributed by atoms with E-state index in [4.69, 9.17) is 44.3 Å². The number of esters is 1. The first-order valence-electron chi connectivity index (χ1n) is 8.93. The monoisotopic (exact) mass is 452 g/mol. The highest BCUT2D eigenvalue weighted by Gasteiger charge is 2.18. The third kappa shape index (κ3) is 4.69. The normalized spacial score (nSPS) is 11.9. The predicted octanol–water partition coefficient (Wildman–Crippen LogP) is 6.29. The zero-order valence-electron chi connectivity index (χ0n) is 16.1. The van der Waals surface area contributed by atoms with Gasteiger partial charge in [0.2, 0.25) is 0 Å². The van der Waals surface area contributed by atoms with E-state index >= 15 is 0 Å². The van der Waals surface area contributed by atoms with Gasteiger partial charge in [-0.3, -0.25) is 0 Å². The first-order valence-corrected chi connectivity index (χ1v) is 10.1. The molecule has 3 rings (SSSR count). The number of nitrogens with zero attached hydrogens (tertiary/aromatic N) is 2. The smallest absolute Gasteiger partial charge is 0.347 e. The number of carbonyl (C=O) groups excluding carboxylic acids is 1. The van der Waals surface area contributed by atoms with Gasteiger partial charge in [0.15, 0.2) is 11.9 Å². The van der Waals surface area contributed by atoms with Crippen LogP contribution >= 0.6 is 34.8 Å². The van der Waals surface area contributed by atoms with E-state index in [0.717, 1.165) is 11.1 Å². The number of anilines is 2. The lowest BCUT2D eigenvalue weighted by atomic mass is 10.1. The van der Waals surface area contributed by atoms with Gasteiger partial charge >= 0.3 is 5.97 Å². The van der Waals surface area contributed by atoms with Gasteiger partial charge in [-0.05, 0) is 50.2 Å². The molecule has 0 aliphatic rings. The number of benzene rings is 2. The van der Waals surface area contributed by atoms with Crippen LogP contribution in [0.15, 0.2) is 42.5 Å². The molecule has 1 heterocycles. The maximum atomic E-state index is 11.7. The first-order chi connectivity index (χ1) is 13.8. The second-order valence-electron chi connectivity index (χ2n) is 6.30. The average Bonchev–Trinajstić information content (AvgIpc) is 2.70. The predicted molar refractivity (Wildman–Crippen MR) is 118 cm³/mol. The molecule has 0 radical (unpaired) electrons. The van der Waals surface area contributed by atoms with E-state index in [1.54, 1.807) is 38.1 Å². The Labute approximate surface area is 184 Å². The third-order valence-corrected chi connectivity index (χ3v) is 5.21. The number of pyridine rings is 1. The van der Waals surface area contributed by atoms with Gasteiger partial charge < -0.3 is 14.4 Å². The van der Waals surface area contributed by atoms with Crippen LogP contribution in [0.1, 0.15) is 13.8 Å². The molecule has 29 heavy (non-hydrogen) atoms. The Morgan fingerprint density at radius 1 is 1.10 bits per heavy atom. The summed E-state index contributed by atoms with van der Waals surface area (Å²) in [6.07, 6.45) is -0.694. The summed E-state index contributed by atoms with van der Waals surface area (Å²) in [5, 5.41) is 2.81. The van der Waals surface area contributed by atoms with E-state index in [2.05, 4.69) is 4.98 Å². The quantitative estimate of drug-likeness (QED) is 0.324. The van der Waals surface area contributed by atoms with Crippen molar-refractivity contribution in [2.45, 2.75) is 20.0 Å². The second kappa shape index (κ2) is 9.08. The summed E-state index contributed by atoms with van der Waals surface area (Å²) in [7, 11) is 1.84. The maximum Gasteiger partial charge on any atom is 0.347 e. The van der Waals surface area contributed by atoms with Gasteiger partial charge in [0.25, 0.3) is 0 Å². The van der Waals surface area contributed by atoms with E-state index in [0.29, 0.717) is 38.8 Å². The largest absolute Gasteiger partial charge is 0.479 e. The van der Waals surface area contributed by atoms with Gasteiger partial charge in [-0.15, -0.1) is 0 Å². The number of hydrogen-bond donors (Lipinski definition) is 0.